The van der Waals surface area contributed by atoms with E-state index in [1.807, 2.05) is 18.2 Å². The quantitative estimate of drug-likeness (QED) is 0.488. The molecule has 0 bridgehead atoms. The molecule has 0 spiro atoms. The van der Waals surface area contributed by atoms with Gasteiger partial charge in [-0.05, 0) is 55.0 Å². The summed E-state index contributed by atoms with van der Waals surface area (Å²) in [7, 11) is 0. The van der Waals surface area contributed by atoms with Gasteiger partial charge in [-0.2, -0.15) is 0 Å². The van der Waals surface area contributed by atoms with Crippen LogP contribution in [0.2, 0.25) is 0 Å². The van der Waals surface area contributed by atoms with Crippen LogP contribution >= 0.6 is 0 Å². The highest BCUT2D eigenvalue weighted by Gasteiger charge is 2.23. The minimum absolute atomic E-state index is 0.126. The summed E-state index contributed by atoms with van der Waals surface area (Å²) in [6.45, 7) is 2.13. The summed E-state index contributed by atoms with van der Waals surface area (Å²) in [6, 6.07) is 23.2. The van der Waals surface area contributed by atoms with E-state index in [1.165, 1.54) is 11.1 Å². The zero-order chi connectivity index (χ0) is 20.5. The van der Waals surface area contributed by atoms with Crippen LogP contribution in [0.15, 0.2) is 72.9 Å². The van der Waals surface area contributed by atoms with Crippen molar-refractivity contribution in [2.75, 3.05) is 0 Å². The highest BCUT2D eigenvalue weighted by molar-refractivity contribution is 5.78. The third kappa shape index (κ3) is 3.73. The topological polar surface area (TPSA) is 46.4 Å². The zero-order valence-electron chi connectivity index (χ0n) is 17.1. The molecule has 1 fully saturated rings. The molecule has 4 aromatic rings. The second-order valence-electron chi connectivity index (χ2n) is 8.08. The molecular weight excluding hydrogens is 370 g/mol. The number of imidazole rings is 1. The molecule has 0 atom stereocenters. The number of fused-ring (bicyclic) bond motifs is 1. The number of hydrogen-bond acceptors (Lipinski definition) is 2. The molecule has 4 heteroatoms. The highest BCUT2D eigenvalue weighted by Crippen LogP contribution is 2.29. The normalized spacial score (nSPS) is 13.5. The maximum atomic E-state index is 12.4. The average molecular weight is 396 g/mol. The number of nitrogens with zero attached hydrogens (tertiary/aromatic N) is 2. The van der Waals surface area contributed by atoms with Crippen molar-refractivity contribution < 1.29 is 4.79 Å². The molecule has 1 amide bonds. The molecule has 2 aromatic heterocycles. The Labute approximate surface area is 176 Å². The lowest BCUT2D eigenvalue weighted by Crippen LogP contribution is -2.25. The molecule has 0 radical (unpaired) electrons. The summed E-state index contributed by atoms with van der Waals surface area (Å²) < 4.78 is 2.16. The van der Waals surface area contributed by atoms with Gasteiger partial charge in [-0.15, -0.1) is 0 Å². The van der Waals surface area contributed by atoms with Crippen LogP contribution in [-0.4, -0.2) is 21.3 Å². The van der Waals surface area contributed by atoms with Crippen LogP contribution in [0, 0.1) is 6.92 Å². The Morgan fingerprint density at radius 1 is 1.00 bits per heavy atom. The van der Waals surface area contributed by atoms with Crippen molar-refractivity contribution in [3.8, 4) is 22.4 Å². The van der Waals surface area contributed by atoms with E-state index in [0.29, 0.717) is 18.9 Å². The van der Waals surface area contributed by atoms with Crippen molar-refractivity contribution in [2.24, 2.45) is 0 Å². The van der Waals surface area contributed by atoms with Crippen LogP contribution in [0.3, 0.4) is 0 Å². The summed E-state index contributed by atoms with van der Waals surface area (Å²) in [6.07, 6.45) is 5.50. The Balaban J connectivity index is 1.57. The van der Waals surface area contributed by atoms with Crippen LogP contribution in [-0.2, 0) is 11.2 Å². The molecule has 1 saturated carbocycles. The molecule has 2 heterocycles. The number of hydrogen-bond donors (Lipinski definition) is 1. The molecule has 5 rings (SSSR count). The Hall–Kier alpha value is -3.40. The molecule has 1 aliphatic carbocycles. The Bertz CT molecular complexity index is 1210. The van der Waals surface area contributed by atoms with Crippen LogP contribution in [0.5, 0.6) is 0 Å². The summed E-state index contributed by atoms with van der Waals surface area (Å²) in [5.41, 5.74) is 7.63. The number of carbonyl (C=O) groups is 1. The van der Waals surface area contributed by atoms with Gasteiger partial charge in [-0.25, -0.2) is 4.98 Å². The second kappa shape index (κ2) is 7.79. The lowest BCUT2D eigenvalue weighted by Gasteiger charge is -2.09. The van der Waals surface area contributed by atoms with Crippen LogP contribution in [0.25, 0.3) is 28.0 Å². The average Bonchev–Trinajstić information content (AvgIpc) is 3.51. The molecule has 0 aliphatic heterocycles. The van der Waals surface area contributed by atoms with E-state index in [0.717, 1.165) is 41.0 Å². The number of rotatable bonds is 6. The third-order valence-corrected chi connectivity index (χ3v) is 5.75. The molecule has 0 unspecified atom stereocenters. The Kier molecular flexibility index (Phi) is 4.83. The lowest BCUT2D eigenvalue weighted by molar-refractivity contribution is -0.121. The molecule has 4 nitrogen and oxygen atoms in total. The van der Waals surface area contributed by atoms with Gasteiger partial charge in [0, 0.05) is 24.2 Å². The van der Waals surface area contributed by atoms with Crippen LogP contribution < -0.4 is 5.32 Å². The first-order chi connectivity index (χ1) is 14.7. The van der Waals surface area contributed by atoms with E-state index in [4.69, 9.17) is 4.98 Å². The highest BCUT2D eigenvalue weighted by atomic mass is 16.1. The molecule has 2 aromatic carbocycles. The molecule has 1 aliphatic rings. The minimum Gasteiger partial charge on any atom is -0.353 e. The van der Waals surface area contributed by atoms with E-state index >= 15 is 0 Å². The SMILES string of the molecule is Cc1ccccc1-c1ccc2nc(-c3ccccc3)c(CCC(=O)NC3CC3)n2c1. The van der Waals surface area contributed by atoms with Crippen molar-refractivity contribution in [2.45, 2.75) is 38.6 Å². The van der Waals surface area contributed by atoms with Crippen LogP contribution in [0.4, 0.5) is 0 Å². The van der Waals surface area contributed by atoms with Crippen molar-refractivity contribution in [1.82, 2.24) is 14.7 Å². The Morgan fingerprint density at radius 2 is 1.77 bits per heavy atom. The van der Waals surface area contributed by atoms with Gasteiger partial charge in [-0.3, -0.25) is 4.79 Å². The van der Waals surface area contributed by atoms with Gasteiger partial charge in [0.05, 0.1) is 11.4 Å². The number of aromatic nitrogens is 2. The fourth-order valence-electron chi connectivity index (χ4n) is 3.97. The number of amides is 1. The lowest BCUT2D eigenvalue weighted by atomic mass is 10.0. The first-order valence-electron chi connectivity index (χ1n) is 10.6. The first-order valence-corrected chi connectivity index (χ1v) is 10.6. The number of pyridine rings is 1. The van der Waals surface area contributed by atoms with Gasteiger partial charge in [0.1, 0.15) is 5.65 Å². The monoisotopic (exact) mass is 395 g/mol. The molecule has 0 saturated heterocycles. The maximum absolute atomic E-state index is 12.4. The predicted molar refractivity (Wildman–Crippen MR) is 120 cm³/mol. The van der Waals surface area contributed by atoms with E-state index in [2.05, 4.69) is 71.4 Å². The van der Waals surface area contributed by atoms with Crippen molar-refractivity contribution in [3.05, 3.63) is 84.2 Å². The molecular formula is C26H25N3O. The van der Waals surface area contributed by atoms with Gasteiger partial charge in [0.25, 0.3) is 0 Å². The fourth-order valence-corrected chi connectivity index (χ4v) is 3.97. The van der Waals surface area contributed by atoms with E-state index in [9.17, 15) is 4.79 Å². The smallest absolute Gasteiger partial charge is 0.220 e. The summed E-state index contributed by atoms with van der Waals surface area (Å²) >= 11 is 0. The fraction of sp³-hybridized carbons (Fsp3) is 0.231. The predicted octanol–water partition coefficient (Wildman–Crippen LogP) is 5.19. The summed E-state index contributed by atoms with van der Waals surface area (Å²) in [4.78, 5) is 17.3. The molecule has 150 valence electrons. The number of benzene rings is 2. The first kappa shape index (κ1) is 18.6. The standard InChI is InChI=1S/C26H25N3O/c1-18-7-5-6-10-22(18)20-11-15-24-28-26(19-8-3-2-4-9-19)23(29(24)17-20)14-16-25(30)27-21-12-13-21/h2-11,15,17,21H,12-14,16H2,1H3,(H,27,30). The van der Waals surface area contributed by atoms with Gasteiger partial charge in [0.2, 0.25) is 5.91 Å². The van der Waals surface area contributed by atoms with Crippen LogP contribution in [0.1, 0.15) is 30.5 Å². The third-order valence-electron chi connectivity index (χ3n) is 5.75. The molecule has 1 N–H and O–H groups in total. The van der Waals surface area contributed by atoms with Gasteiger partial charge in [-0.1, -0.05) is 54.6 Å². The van der Waals surface area contributed by atoms with Gasteiger partial charge < -0.3 is 9.72 Å². The summed E-state index contributed by atoms with van der Waals surface area (Å²) in [5, 5.41) is 3.10. The number of aryl methyl sites for hydroxylation is 2. The largest absolute Gasteiger partial charge is 0.353 e. The van der Waals surface area contributed by atoms with Crippen molar-refractivity contribution >= 4 is 11.6 Å². The van der Waals surface area contributed by atoms with Crippen molar-refractivity contribution in [1.29, 1.82) is 0 Å². The van der Waals surface area contributed by atoms with Gasteiger partial charge >= 0.3 is 0 Å². The maximum Gasteiger partial charge on any atom is 0.220 e. The molecule has 30 heavy (non-hydrogen) atoms. The zero-order valence-corrected chi connectivity index (χ0v) is 17.1. The number of nitrogens with one attached hydrogen (secondary N) is 1. The second-order valence-corrected chi connectivity index (χ2v) is 8.08. The minimum atomic E-state index is 0.126. The number of carbonyl (C=O) groups excluding carboxylic acids is 1. The van der Waals surface area contributed by atoms with E-state index < -0.39 is 0 Å². The summed E-state index contributed by atoms with van der Waals surface area (Å²) in [5.74, 6) is 0.126. The van der Waals surface area contributed by atoms with Gasteiger partial charge in [0.15, 0.2) is 0 Å². The van der Waals surface area contributed by atoms with E-state index in [1.54, 1.807) is 0 Å². The van der Waals surface area contributed by atoms with Crippen molar-refractivity contribution in [3.63, 3.8) is 0 Å². The van der Waals surface area contributed by atoms with E-state index in [-0.39, 0.29) is 5.91 Å². The Morgan fingerprint density at radius 3 is 2.53 bits per heavy atom.